The third-order valence-electron chi connectivity index (χ3n) is 3.09. The molecule has 4 heteroatoms. The molecule has 1 heterocycles. The van der Waals surface area contributed by atoms with Gasteiger partial charge in [0.05, 0.1) is 5.56 Å². The number of rotatable bonds is 2. The summed E-state index contributed by atoms with van der Waals surface area (Å²) in [6, 6.07) is 5.88. The van der Waals surface area contributed by atoms with Gasteiger partial charge < -0.3 is 9.73 Å². The summed E-state index contributed by atoms with van der Waals surface area (Å²) in [5.41, 5.74) is 1.77. The van der Waals surface area contributed by atoms with E-state index in [9.17, 15) is 9.18 Å². The van der Waals surface area contributed by atoms with Crippen LogP contribution in [0.5, 0.6) is 0 Å². The quantitative estimate of drug-likeness (QED) is 0.910. The summed E-state index contributed by atoms with van der Waals surface area (Å²) < 4.78 is 18.8. The van der Waals surface area contributed by atoms with E-state index in [1.807, 2.05) is 19.9 Å². The second kappa shape index (κ2) is 5.74. The van der Waals surface area contributed by atoms with Gasteiger partial charge in [-0.25, -0.2) is 4.39 Å². The molecular weight excluding hydrogens is 257 g/mol. The van der Waals surface area contributed by atoms with E-state index in [0.717, 1.165) is 5.22 Å². The molecule has 104 valence electrons. The monoisotopic (exact) mass is 273 g/mol. The summed E-state index contributed by atoms with van der Waals surface area (Å²) in [5.74, 6) is -0.105. The lowest BCUT2D eigenvalue weighted by molar-refractivity contribution is 0.0962. The molecule has 0 aliphatic carbocycles. The third kappa shape index (κ3) is 2.37. The molecule has 0 saturated carbocycles. The fourth-order valence-electron chi connectivity index (χ4n) is 2.12. The number of carbonyl (C=O) groups is 1. The Labute approximate surface area is 116 Å². The Kier molecular flexibility index (Phi) is 4.03. The molecule has 0 saturated heterocycles. The van der Waals surface area contributed by atoms with Crippen molar-refractivity contribution in [2.45, 2.75) is 13.8 Å². The predicted octanol–water partition coefficient (Wildman–Crippen LogP) is 2.05. The van der Waals surface area contributed by atoms with Crippen molar-refractivity contribution in [3.05, 3.63) is 46.3 Å². The highest BCUT2D eigenvalue weighted by atomic mass is 19.1. The van der Waals surface area contributed by atoms with Crippen LogP contribution < -0.4 is 16.0 Å². The van der Waals surface area contributed by atoms with Gasteiger partial charge >= 0.3 is 0 Å². The molecule has 1 amide bonds. The van der Waals surface area contributed by atoms with Crippen molar-refractivity contribution >= 4 is 18.1 Å². The van der Waals surface area contributed by atoms with Crippen molar-refractivity contribution in [3.8, 4) is 11.3 Å². The Morgan fingerprint density at radius 1 is 1.20 bits per heavy atom. The Morgan fingerprint density at radius 3 is 2.35 bits per heavy atom. The highest BCUT2D eigenvalue weighted by Crippen LogP contribution is 2.21. The van der Waals surface area contributed by atoms with Crippen LogP contribution in [0.3, 0.4) is 0 Å². The molecule has 0 fully saturated rings. The fourth-order valence-corrected chi connectivity index (χ4v) is 2.12. The van der Waals surface area contributed by atoms with Crippen molar-refractivity contribution in [1.82, 2.24) is 5.32 Å². The van der Waals surface area contributed by atoms with Crippen LogP contribution in [-0.2, 0) is 0 Å². The predicted molar refractivity (Wildman–Crippen MR) is 77.0 cm³/mol. The van der Waals surface area contributed by atoms with Crippen LogP contribution in [-0.4, -0.2) is 13.0 Å². The van der Waals surface area contributed by atoms with E-state index < -0.39 is 0 Å². The standard InChI is InChI=1S/C16H16FNO2/c1-4-12-13(5-2)20-15(14(12)16(19)18-3)10-6-8-11(17)9-7-10/h4-9H,1-3H3,(H,18,19). The highest BCUT2D eigenvalue weighted by Gasteiger charge is 2.18. The Balaban J connectivity index is 2.79. The maximum atomic E-state index is 13.0. The SMILES string of the molecule is CC=c1oc(-c2ccc(F)cc2)c(C(=O)NC)c1=CC. The fraction of sp³-hybridized carbons (Fsp3) is 0.188. The molecule has 2 rings (SSSR count). The molecule has 3 nitrogen and oxygen atoms in total. The number of nitrogens with one attached hydrogen (secondary N) is 1. The van der Waals surface area contributed by atoms with E-state index in [0.29, 0.717) is 22.3 Å². The van der Waals surface area contributed by atoms with Gasteiger partial charge in [-0.1, -0.05) is 6.08 Å². The normalized spacial score (nSPS) is 12.8. The molecule has 1 aromatic heterocycles. The highest BCUT2D eigenvalue weighted by molar-refractivity contribution is 5.99. The molecule has 0 radical (unpaired) electrons. The largest absolute Gasteiger partial charge is 0.456 e. The third-order valence-corrected chi connectivity index (χ3v) is 3.09. The van der Waals surface area contributed by atoms with Gasteiger partial charge in [0.15, 0.2) is 0 Å². The summed E-state index contributed by atoms with van der Waals surface area (Å²) in [7, 11) is 1.57. The number of carbonyl (C=O) groups excluding carboxylic acids is 1. The lowest BCUT2D eigenvalue weighted by atomic mass is 10.1. The zero-order valence-electron chi connectivity index (χ0n) is 11.7. The van der Waals surface area contributed by atoms with Gasteiger partial charge in [-0.2, -0.15) is 0 Å². The zero-order valence-corrected chi connectivity index (χ0v) is 11.7. The molecular formula is C16H16FNO2. The van der Waals surface area contributed by atoms with Crippen molar-refractivity contribution < 1.29 is 13.6 Å². The summed E-state index contributed by atoms with van der Waals surface area (Å²) in [6.07, 6.45) is 3.63. The topological polar surface area (TPSA) is 42.2 Å². The smallest absolute Gasteiger partial charge is 0.255 e. The maximum Gasteiger partial charge on any atom is 0.255 e. The molecule has 0 spiro atoms. The van der Waals surface area contributed by atoms with Crippen molar-refractivity contribution in [3.63, 3.8) is 0 Å². The molecule has 1 N–H and O–H groups in total. The van der Waals surface area contributed by atoms with Gasteiger partial charge in [0, 0.05) is 17.8 Å². The summed E-state index contributed by atoms with van der Waals surface area (Å²) >= 11 is 0. The Morgan fingerprint density at radius 2 is 1.85 bits per heavy atom. The molecule has 1 aromatic carbocycles. The first-order valence-electron chi connectivity index (χ1n) is 6.35. The molecule has 20 heavy (non-hydrogen) atoms. The molecule has 2 aromatic rings. The average Bonchev–Trinajstić information content (AvgIpc) is 2.85. The maximum absolute atomic E-state index is 13.0. The van der Waals surface area contributed by atoms with Crippen molar-refractivity contribution in [1.29, 1.82) is 0 Å². The number of hydrogen-bond donors (Lipinski definition) is 1. The van der Waals surface area contributed by atoms with Crippen LogP contribution in [0.4, 0.5) is 4.39 Å². The van der Waals surface area contributed by atoms with E-state index >= 15 is 0 Å². The first-order chi connectivity index (χ1) is 9.62. The first-order valence-corrected chi connectivity index (χ1v) is 6.35. The second-order valence-electron chi connectivity index (χ2n) is 4.25. The number of hydrogen-bond acceptors (Lipinski definition) is 2. The van der Waals surface area contributed by atoms with Crippen LogP contribution >= 0.6 is 0 Å². The average molecular weight is 273 g/mol. The van der Waals surface area contributed by atoms with Crippen LogP contribution in [0.15, 0.2) is 28.7 Å². The minimum atomic E-state index is -0.327. The lowest BCUT2D eigenvalue weighted by Crippen LogP contribution is -2.30. The zero-order chi connectivity index (χ0) is 14.7. The Hall–Kier alpha value is -2.36. The van der Waals surface area contributed by atoms with Gasteiger partial charge in [-0.05, 0) is 44.2 Å². The first kappa shape index (κ1) is 14.1. The van der Waals surface area contributed by atoms with E-state index in [4.69, 9.17) is 4.42 Å². The van der Waals surface area contributed by atoms with Gasteiger partial charge in [-0.15, -0.1) is 0 Å². The number of benzene rings is 1. The van der Waals surface area contributed by atoms with Crippen LogP contribution in [0.25, 0.3) is 23.5 Å². The van der Waals surface area contributed by atoms with E-state index in [1.165, 1.54) is 12.1 Å². The number of halogens is 1. The molecule has 0 unspecified atom stereocenters. The van der Waals surface area contributed by atoms with Crippen LogP contribution in [0, 0.1) is 5.82 Å². The van der Waals surface area contributed by atoms with Crippen molar-refractivity contribution in [2.75, 3.05) is 7.05 Å². The number of furan rings is 1. The minimum absolute atomic E-state index is 0.228. The lowest BCUT2D eigenvalue weighted by Gasteiger charge is -2.01. The minimum Gasteiger partial charge on any atom is -0.456 e. The molecule has 0 bridgehead atoms. The van der Waals surface area contributed by atoms with Gasteiger partial charge in [0.2, 0.25) is 0 Å². The van der Waals surface area contributed by atoms with Gasteiger partial charge in [-0.3, -0.25) is 4.79 Å². The van der Waals surface area contributed by atoms with E-state index in [1.54, 1.807) is 25.3 Å². The van der Waals surface area contributed by atoms with Crippen LogP contribution in [0.2, 0.25) is 0 Å². The van der Waals surface area contributed by atoms with Gasteiger partial charge in [0.25, 0.3) is 5.91 Å². The second-order valence-corrected chi connectivity index (χ2v) is 4.25. The van der Waals surface area contributed by atoms with Crippen LogP contribution in [0.1, 0.15) is 24.2 Å². The Bertz CT molecular complexity index is 742. The van der Waals surface area contributed by atoms with E-state index in [-0.39, 0.29) is 11.7 Å². The number of amides is 1. The summed E-state index contributed by atoms with van der Waals surface area (Å²) in [5, 5.41) is 3.35. The molecule has 0 aliphatic rings. The summed E-state index contributed by atoms with van der Waals surface area (Å²) in [4.78, 5) is 12.1. The van der Waals surface area contributed by atoms with Gasteiger partial charge in [0.1, 0.15) is 17.0 Å². The van der Waals surface area contributed by atoms with Crippen molar-refractivity contribution in [2.24, 2.45) is 0 Å². The molecule has 0 atom stereocenters. The summed E-state index contributed by atoms with van der Waals surface area (Å²) in [6.45, 7) is 3.69. The molecule has 0 aliphatic heterocycles. The van der Waals surface area contributed by atoms with E-state index in [2.05, 4.69) is 5.32 Å².